The number of nitrogens with one attached hydrogen (secondary N) is 1. The number of aromatic nitrogens is 1. The minimum Gasteiger partial charge on any atom is -0.384 e. The lowest BCUT2D eigenvalue weighted by Crippen LogP contribution is -2.34. The molecule has 100 valence electrons. The van der Waals surface area contributed by atoms with Crippen LogP contribution in [0, 0.1) is 0 Å². The molecule has 0 unspecified atom stereocenters. The van der Waals surface area contributed by atoms with E-state index in [-0.39, 0.29) is 23.8 Å². The minimum absolute atomic E-state index is 0.0236. The van der Waals surface area contributed by atoms with Crippen LogP contribution in [0.15, 0.2) is 18.2 Å². The first-order valence-corrected chi connectivity index (χ1v) is 6.85. The van der Waals surface area contributed by atoms with Gasteiger partial charge in [-0.3, -0.25) is 4.79 Å². The third kappa shape index (κ3) is 3.97. The molecule has 0 bridgehead atoms. The van der Waals surface area contributed by atoms with Crippen LogP contribution in [0.2, 0.25) is 0 Å². The van der Waals surface area contributed by atoms with Gasteiger partial charge in [-0.25, -0.2) is 17.7 Å². The van der Waals surface area contributed by atoms with E-state index in [9.17, 15) is 13.2 Å². The molecule has 1 aromatic rings. The molecule has 18 heavy (non-hydrogen) atoms. The van der Waals surface area contributed by atoms with Crippen molar-refractivity contribution >= 4 is 21.7 Å². The van der Waals surface area contributed by atoms with Gasteiger partial charge < -0.3 is 11.1 Å². The van der Waals surface area contributed by atoms with Crippen LogP contribution in [0.5, 0.6) is 0 Å². The topological polar surface area (TPSA) is 105 Å². The summed E-state index contributed by atoms with van der Waals surface area (Å²) in [5, 5.41) is 2.47. The van der Waals surface area contributed by atoms with Crippen LogP contribution in [-0.4, -0.2) is 50.0 Å². The number of nitrogens with two attached hydrogens (primary N) is 1. The van der Waals surface area contributed by atoms with Crippen LogP contribution in [0.4, 0.5) is 5.82 Å². The zero-order valence-corrected chi connectivity index (χ0v) is 11.1. The van der Waals surface area contributed by atoms with Crippen LogP contribution >= 0.6 is 0 Å². The van der Waals surface area contributed by atoms with Gasteiger partial charge in [-0.05, 0) is 12.1 Å². The molecule has 0 fully saturated rings. The number of hydrogen-bond acceptors (Lipinski definition) is 5. The maximum Gasteiger partial charge on any atom is 0.269 e. The highest BCUT2D eigenvalue weighted by atomic mass is 32.2. The SMILES string of the molecule is CN(C)S(=O)(=O)CCNC(=O)c1cccc(N)n1. The Labute approximate surface area is 106 Å². The molecular formula is C10H16N4O3S. The number of pyridine rings is 1. The highest BCUT2D eigenvalue weighted by Crippen LogP contribution is 2.00. The number of anilines is 1. The zero-order valence-electron chi connectivity index (χ0n) is 10.3. The quantitative estimate of drug-likeness (QED) is 0.736. The summed E-state index contributed by atoms with van der Waals surface area (Å²) in [6.45, 7) is 0.0236. The Hall–Kier alpha value is -1.67. The molecule has 8 heteroatoms. The number of amides is 1. The van der Waals surface area contributed by atoms with Crippen molar-refractivity contribution in [2.24, 2.45) is 0 Å². The van der Waals surface area contributed by atoms with Crippen molar-refractivity contribution in [2.75, 3.05) is 32.1 Å². The number of rotatable bonds is 5. The van der Waals surface area contributed by atoms with E-state index in [2.05, 4.69) is 10.3 Å². The van der Waals surface area contributed by atoms with Crippen LogP contribution < -0.4 is 11.1 Å². The Balaban J connectivity index is 2.53. The van der Waals surface area contributed by atoms with E-state index in [4.69, 9.17) is 5.73 Å². The first-order valence-electron chi connectivity index (χ1n) is 5.24. The van der Waals surface area contributed by atoms with Gasteiger partial charge >= 0.3 is 0 Å². The second kappa shape index (κ2) is 5.78. The summed E-state index contributed by atoms with van der Waals surface area (Å²) in [4.78, 5) is 15.4. The Morgan fingerprint density at radius 3 is 2.67 bits per heavy atom. The fourth-order valence-corrected chi connectivity index (χ4v) is 1.87. The van der Waals surface area contributed by atoms with E-state index in [1.807, 2.05) is 0 Å². The molecule has 3 N–H and O–H groups in total. The molecule has 1 rings (SSSR count). The minimum atomic E-state index is -3.31. The molecule has 0 saturated heterocycles. The van der Waals surface area contributed by atoms with Gasteiger partial charge in [-0.15, -0.1) is 0 Å². The van der Waals surface area contributed by atoms with Crippen molar-refractivity contribution in [3.8, 4) is 0 Å². The average molecular weight is 272 g/mol. The molecule has 1 heterocycles. The summed E-state index contributed by atoms with van der Waals surface area (Å²) in [5.41, 5.74) is 5.60. The lowest BCUT2D eigenvalue weighted by molar-refractivity contribution is 0.0951. The molecular weight excluding hydrogens is 256 g/mol. The summed E-state index contributed by atoms with van der Waals surface area (Å²) in [6, 6.07) is 4.67. The Bertz CT molecular complexity index is 528. The number of nitrogen functional groups attached to an aromatic ring is 1. The van der Waals surface area contributed by atoms with Crippen molar-refractivity contribution in [3.63, 3.8) is 0 Å². The molecule has 0 aliphatic heterocycles. The van der Waals surface area contributed by atoms with Crippen LogP contribution in [-0.2, 0) is 10.0 Å². The second-order valence-electron chi connectivity index (χ2n) is 3.80. The number of nitrogens with zero attached hydrogens (tertiary/aromatic N) is 2. The number of hydrogen-bond donors (Lipinski definition) is 2. The van der Waals surface area contributed by atoms with Gasteiger partial charge in [0.25, 0.3) is 5.91 Å². The van der Waals surface area contributed by atoms with E-state index in [0.717, 1.165) is 4.31 Å². The van der Waals surface area contributed by atoms with Crippen molar-refractivity contribution in [1.82, 2.24) is 14.6 Å². The summed E-state index contributed by atoms with van der Waals surface area (Å²) in [7, 11) is -0.429. The van der Waals surface area contributed by atoms with Gasteiger partial charge in [0, 0.05) is 20.6 Å². The summed E-state index contributed by atoms with van der Waals surface area (Å²) < 4.78 is 24.0. The maximum absolute atomic E-state index is 11.6. The highest BCUT2D eigenvalue weighted by Gasteiger charge is 2.14. The van der Waals surface area contributed by atoms with Gasteiger partial charge in [0.2, 0.25) is 10.0 Å². The second-order valence-corrected chi connectivity index (χ2v) is 6.10. The van der Waals surface area contributed by atoms with Crippen molar-refractivity contribution < 1.29 is 13.2 Å². The Kier molecular flexibility index (Phi) is 4.62. The van der Waals surface area contributed by atoms with Gasteiger partial charge in [0.15, 0.2) is 0 Å². The average Bonchev–Trinajstić information content (AvgIpc) is 2.28. The number of carbonyl (C=O) groups is 1. The largest absolute Gasteiger partial charge is 0.384 e. The van der Waals surface area contributed by atoms with Crippen molar-refractivity contribution in [1.29, 1.82) is 0 Å². The predicted octanol–water partition coefficient (Wildman–Crippen LogP) is -0.715. The van der Waals surface area contributed by atoms with Crippen molar-refractivity contribution in [3.05, 3.63) is 23.9 Å². The fraction of sp³-hybridized carbons (Fsp3) is 0.400. The first kappa shape index (κ1) is 14.4. The molecule has 7 nitrogen and oxygen atoms in total. The monoisotopic (exact) mass is 272 g/mol. The van der Waals surface area contributed by atoms with Gasteiger partial charge in [-0.1, -0.05) is 6.07 Å². The standard InChI is InChI=1S/C10H16N4O3S/c1-14(2)18(16,17)7-6-12-10(15)8-4-3-5-9(11)13-8/h3-5H,6-7H2,1-2H3,(H2,11,13)(H,12,15). The van der Waals surface area contributed by atoms with E-state index >= 15 is 0 Å². The van der Waals surface area contributed by atoms with Crippen LogP contribution in [0.3, 0.4) is 0 Å². The highest BCUT2D eigenvalue weighted by molar-refractivity contribution is 7.89. The number of carbonyl (C=O) groups excluding carboxylic acids is 1. The van der Waals surface area contributed by atoms with Gasteiger partial charge in [0.1, 0.15) is 11.5 Å². The normalized spacial score (nSPS) is 11.5. The first-order chi connectivity index (χ1) is 8.33. The van der Waals surface area contributed by atoms with Gasteiger partial charge in [-0.2, -0.15) is 0 Å². The Morgan fingerprint density at radius 2 is 2.11 bits per heavy atom. The van der Waals surface area contributed by atoms with Crippen molar-refractivity contribution in [2.45, 2.75) is 0 Å². The van der Waals surface area contributed by atoms with Gasteiger partial charge in [0.05, 0.1) is 5.75 Å². The smallest absolute Gasteiger partial charge is 0.269 e. The van der Waals surface area contributed by atoms with Crippen LogP contribution in [0.25, 0.3) is 0 Å². The summed E-state index contributed by atoms with van der Waals surface area (Å²) in [6.07, 6.45) is 0. The lowest BCUT2D eigenvalue weighted by atomic mass is 10.3. The molecule has 0 aliphatic carbocycles. The van der Waals surface area contributed by atoms with Crippen LogP contribution in [0.1, 0.15) is 10.5 Å². The summed E-state index contributed by atoms with van der Waals surface area (Å²) >= 11 is 0. The van der Waals surface area contributed by atoms with E-state index in [0.29, 0.717) is 0 Å². The summed E-state index contributed by atoms with van der Waals surface area (Å²) in [5.74, 6) is -0.367. The molecule has 0 aliphatic rings. The zero-order chi connectivity index (χ0) is 13.8. The lowest BCUT2D eigenvalue weighted by Gasteiger charge is -2.11. The molecule has 0 atom stereocenters. The Morgan fingerprint density at radius 1 is 1.44 bits per heavy atom. The molecule has 0 aromatic carbocycles. The molecule has 0 saturated carbocycles. The van der Waals surface area contributed by atoms with E-state index in [1.54, 1.807) is 12.1 Å². The molecule has 0 radical (unpaired) electrons. The molecule has 1 amide bonds. The molecule has 0 spiro atoms. The van der Waals surface area contributed by atoms with E-state index < -0.39 is 15.9 Å². The third-order valence-electron chi connectivity index (χ3n) is 2.21. The number of sulfonamides is 1. The maximum atomic E-state index is 11.6. The molecule has 1 aromatic heterocycles. The van der Waals surface area contributed by atoms with E-state index in [1.165, 1.54) is 20.2 Å². The third-order valence-corrected chi connectivity index (χ3v) is 4.04. The predicted molar refractivity (Wildman–Crippen MR) is 68.5 cm³/mol. The fourth-order valence-electron chi connectivity index (χ4n) is 1.14.